The Morgan fingerprint density at radius 2 is 2.42 bits per heavy atom. The Labute approximate surface area is 77.6 Å². The highest BCUT2D eigenvalue weighted by atomic mass is 32.2. The van der Waals surface area contributed by atoms with Gasteiger partial charge in [-0.15, -0.1) is 0 Å². The third-order valence-corrected chi connectivity index (χ3v) is 2.64. The molecule has 12 heavy (non-hydrogen) atoms. The quantitative estimate of drug-likeness (QED) is 0.726. The fourth-order valence-corrected chi connectivity index (χ4v) is 1.70. The SMILES string of the molecule is CCCSCc1cc(N)ccn1. The number of aromatic nitrogens is 1. The van der Waals surface area contributed by atoms with E-state index >= 15 is 0 Å². The van der Waals surface area contributed by atoms with Gasteiger partial charge in [-0.1, -0.05) is 6.92 Å². The average Bonchev–Trinajstić information content (AvgIpc) is 2.05. The number of anilines is 1. The van der Waals surface area contributed by atoms with Crippen LogP contribution in [0.1, 0.15) is 19.0 Å². The van der Waals surface area contributed by atoms with Crippen LogP contribution in [0, 0.1) is 0 Å². The van der Waals surface area contributed by atoms with E-state index in [-0.39, 0.29) is 0 Å². The summed E-state index contributed by atoms with van der Waals surface area (Å²) < 4.78 is 0. The number of rotatable bonds is 4. The maximum Gasteiger partial charge on any atom is 0.0523 e. The number of thioether (sulfide) groups is 1. The lowest BCUT2D eigenvalue weighted by molar-refractivity contribution is 1.10. The van der Waals surface area contributed by atoms with Gasteiger partial charge in [0, 0.05) is 17.6 Å². The van der Waals surface area contributed by atoms with E-state index in [2.05, 4.69) is 11.9 Å². The second-order valence-electron chi connectivity index (χ2n) is 2.63. The Morgan fingerprint density at radius 1 is 1.58 bits per heavy atom. The largest absolute Gasteiger partial charge is 0.399 e. The number of pyridine rings is 1. The lowest BCUT2D eigenvalue weighted by Gasteiger charge is -1.99. The van der Waals surface area contributed by atoms with Crippen molar-refractivity contribution in [3.63, 3.8) is 0 Å². The second kappa shape index (κ2) is 5.04. The van der Waals surface area contributed by atoms with E-state index in [1.165, 1.54) is 12.2 Å². The summed E-state index contributed by atoms with van der Waals surface area (Å²) in [6, 6.07) is 3.75. The van der Waals surface area contributed by atoms with Gasteiger partial charge >= 0.3 is 0 Å². The van der Waals surface area contributed by atoms with Crippen molar-refractivity contribution in [2.24, 2.45) is 0 Å². The Bertz CT molecular complexity index is 238. The smallest absolute Gasteiger partial charge is 0.0523 e. The van der Waals surface area contributed by atoms with Gasteiger partial charge in [-0.05, 0) is 24.3 Å². The first kappa shape index (κ1) is 9.39. The van der Waals surface area contributed by atoms with Crippen LogP contribution in [0.4, 0.5) is 5.69 Å². The monoisotopic (exact) mass is 182 g/mol. The van der Waals surface area contributed by atoms with Crippen LogP contribution < -0.4 is 5.73 Å². The number of nitrogen functional groups attached to an aromatic ring is 1. The first-order valence-corrected chi connectivity index (χ1v) is 5.26. The highest BCUT2D eigenvalue weighted by molar-refractivity contribution is 7.98. The molecule has 0 fully saturated rings. The molecule has 1 rings (SSSR count). The summed E-state index contributed by atoms with van der Waals surface area (Å²) in [6.45, 7) is 2.18. The highest BCUT2D eigenvalue weighted by Gasteiger charge is 1.94. The van der Waals surface area contributed by atoms with E-state index < -0.39 is 0 Å². The average molecular weight is 182 g/mol. The van der Waals surface area contributed by atoms with Gasteiger partial charge < -0.3 is 5.73 Å². The maximum atomic E-state index is 5.61. The van der Waals surface area contributed by atoms with Crippen LogP contribution >= 0.6 is 11.8 Å². The van der Waals surface area contributed by atoms with Crippen molar-refractivity contribution in [1.82, 2.24) is 4.98 Å². The Balaban J connectivity index is 2.41. The molecular weight excluding hydrogens is 168 g/mol. The van der Waals surface area contributed by atoms with E-state index in [4.69, 9.17) is 5.73 Å². The molecule has 0 amide bonds. The molecule has 0 saturated carbocycles. The van der Waals surface area contributed by atoms with Gasteiger partial charge in [-0.25, -0.2) is 0 Å². The van der Waals surface area contributed by atoms with Crippen LogP contribution in [-0.4, -0.2) is 10.7 Å². The Kier molecular flexibility index (Phi) is 3.94. The van der Waals surface area contributed by atoms with Crippen molar-refractivity contribution in [2.75, 3.05) is 11.5 Å². The lowest BCUT2D eigenvalue weighted by Crippen LogP contribution is -1.91. The predicted molar refractivity (Wildman–Crippen MR) is 55.1 cm³/mol. The van der Waals surface area contributed by atoms with Gasteiger partial charge in [0.05, 0.1) is 5.69 Å². The van der Waals surface area contributed by atoms with Crippen molar-refractivity contribution in [3.8, 4) is 0 Å². The lowest BCUT2D eigenvalue weighted by atomic mass is 10.3. The zero-order valence-corrected chi connectivity index (χ0v) is 8.10. The van der Waals surface area contributed by atoms with Crippen LogP contribution in [0.5, 0.6) is 0 Å². The number of nitrogens with zero attached hydrogens (tertiary/aromatic N) is 1. The van der Waals surface area contributed by atoms with E-state index in [1.54, 1.807) is 6.20 Å². The first-order valence-electron chi connectivity index (χ1n) is 4.11. The van der Waals surface area contributed by atoms with E-state index in [1.807, 2.05) is 23.9 Å². The van der Waals surface area contributed by atoms with E-state index in [0.29, 0.717) is 0 Å². The summed E-state index contributed by atoms with van der Waals surface area (Å²) in [5, 5.41) is 0. The topological polar surface area (TPSA) is 38.9 Å². The summed E-state index contributed by atoms with van der Waals surface area (Å²) in [7, 11) is 0. The Morgan fingerprint density at radius 3 is 3.08 bits per heavy atom. The van der Waals surface area contributed by atoms with Crippen LogP contribution in [0.3, 0.4) is 0 Å². The number of nitrogens with two attached hydrogens (primary N) is 1. The molecule has 3 heteroatoms. The molecule has 0 bridgehead atoms. The van der Waals surface area contributed by atoms with Crippen LogP contribution in [-0.2, 0) is 5.75 Å². The van der Waals surface area contributed by atoms with E-state index in [0.717, 1.165) is 17.1 Å². The van der Waals surface area contributed by atoms with Crippen molar-refractivity contribution in [2.45, 2.75) is 19.1 Å². The standard InChI is InChI=1S/C9H14N2S/c1-2-5-12-7-9-6-8(10)3-4-11-9/h3-4,6H,2,5,7H2,1H3,(H2,10,11). The fraction of sp³-hybridized carbons (Fsp3) is 0.444. The fourth-order valence-electron chi connectivity index (χ4n) is 0.897. The van der Waals surface area contributed by atoms with Gasteiger partial charge in [0.25, 0.3) is 0 Å². The van der Waals surface area contributed by atoms with Crippen LogP contribution in [0.25, 0.3) is 0 Å². The normalized spacial score (nSPS) is 10.1. The van der Waals surface area contributed by atoms with Crippen LogP contribution in [0.15, 0.2) is 18.3 Å². The van der Waals surface area contributed by atoms with Crippen LogP contribution in [0.2, 0.25) is 0 Å². The number of hydrogen-bond donors (Lipinski definition) is 1. The molecule has 1 aromatic heterocycles. The van der Waals surface area contributed by atoms with Crippen molar-refractivity contribution >= 4 is 17.4 Å². The molecule has 0 aliphatic carbocycles. The molecule has 1 aromatic rings. The summed E-state index contributed by atoms with van der Waals surface area (Å²) in [5.41, 5.74) is 7.49. The minimum atomic E-state index is 0.803. The van der Waals surface area contributed by atoms with E-state index in [9.17, 15) is 0 Å². The van der Waals surface area contributed by atoms with Crippen molar-refractivity contribution in [3.05, 3.63) is 24.0 Å². The number of hydrogen-bond acceptors (Lipinski definition) is 3. The Hall–Kier alpha value is -0.700. The molecule has 2 nitrogen and oxygen atoms in total. The van der Waals surface area contributed by atoms with Crippen molar-refractivity contribution in [1.29, 1.82) is 0 Å². The van der Waals surface area contributed by atoms with Gasteiger partial charge in [0.1, 0.15) is 0 Å². The molecule has 0 aliphatic heterocycles. The molecule has 0 spiro atoms. The predicted octanol–water partition coefficient (Wildman–Crippen LogP) is 2.31. The third-order valence-electron chi connectivity index (χ3n) is 1.44. The summed E-state index contributed by atoms with van der Waals surface area (Å²) in [5.74, 6) is 2.16. The minimum absolute atomic E-state index is 0.803. The summed E-state index contributed by atoms with van der Waals surface area (Å²) in [4.78, 5) is 4.21. The van der Waals surface area contributed by atoms with Gasteiger partial charge in [-0.3, -0.25) is 4.98 Å². The molecule has 2 N–H and O–H groups in total. The zero-order chi connectivity index (χ0) is 8.81. The highest BCUT2D eigenvalue weighted by Crippen LogP contribution is 2.12. The molecule has 0 radical (unpaired) electrons. The molecule has 0 atom stereocenters. The molecule has 0 saturated heterocycles. The maximum absolute atomic E-state index is 5.61. The van der Waals surface area contributed by atoms with Crippen molar-refractivity contribution < 1.29 is 0 Å². The van der Waals surface area contributed by atoms with Gasteiger partial charge in [-0.2, -0.15) is 11.8 Å². The second-order valence-corrected chi connectivity index (χ2v) is 3.74. The molecule has 1 heterocycles. The van der Waals surface area contributed by atoms with Gasteiger partial charge in [0.15, 0.2) is 0 Å². The zero-order valence-electron chi connectivity index (χ0n) is 7.29. The minimum Gasteiger partial charge on any atom is -0.399 e. The summed E-state index contributed by atoms with van der Waals surface area (Å²) >= 11 is 1.90. The molecule has 0 aliphatic rings. The molecular formula is C9H14N2S. The van der Waals surface area contributed by atoms with Gasteiger partial charge in [0.2, 0.25) is 0 Å². The molecule has 0 unspecified atom stereocenters. The molecule has 0 aromatic carbocycles. The summed E-state index contributed by atoms with van der Waals surface area (Å²) in [6.07, 6.45) is 2.98. The third kappa shape index (κ3) is 3.13. The first-order chi connectivity index (χ1) is 5.83. The molecule has 66 valence electrons.